The lowest BCUT2D eigenvalue weighted by atomic mass is 9.80. The highest BCUT2D eigenvalue weighted by atomic mass is 16.7. The van der Waals surface area contributed by atoms with E-state index in [-0.39, 0.29) is 54.2 Å². The number of rotatable bonds is 16. The molecule has 3 aliphatic rings. The largest absolute Gasteiger partial charge is 0.481 e. The number of aliphatic carboxylic acids is 1. The Balaban J connectivity index is 1.74. The molecule has 2 saturated heterocycles. The molecule has 3 rings (SSSR count). The fourth-order valence-electron chi connectivity index (χ4n) is 5.88. The summed E-state index contributed by atoms with van der Waals surface area (Å²) in [5, 5.41) is 8.89. The Labute approximate surface area is 235 Å². The van der Waals surface area contributed by atoms with E-state index in [0.717, 1.165) is 64.4 Å². The number of Topliss-reactive ketones (excluding diaryl/α,β-unsaturated/α-hetero) is 1. The predicted octanol–water partition coefficient (Wildman–Crippen LogP) is 6.99. The van der Waals surface area contributed by atoms with Crippen LogP contribution in [-0.4, -0.2) is 54.9 Å². The second kappa shape index (κ2) is 16.7. The van der Waals surface area contributed by atoms with Crippen molar-refractivity contribution in [3.63, 3.8) is 0 Å². The van der Waals surface area contributed by atoms with Crippen molar-refractivity contribution in [3.8, 4) is 0 Å². The summed E-state index contributed by atoms with van der Waals surface area (Å²) in [4.78, 5) is 24.2. The zero-order valence-electron chi connectivity index (χ0n) is 24.5. The number of allylic oxidation sites excluding steroid dienone is 3. The fourth-order valence-corrected chi connectivity index (χ4v) is 5.88. The van der Waals surface area contributed by atoms with Crippen LogP contribution in [0.3, 0.4) is 0 Å². The van der Waals surface area contributed by atoms with Crippen molar-refractivity contribution in [1.29, 1.82) is 0 Å². The molecule has 222 valence electrons. The maximum atomic E-state index is 13.3. The van der Waals surface area contributed by atoms with Crippen LogP contribution in [0.5, 0.6) is 0 Å². The summed E-state index contributed by atoms with van der Waals surface area (Å²) in [7, 11) is 0. The van der Waals surface area contributed by atoms with Crippen LogP contribution in [0.2, 0.25) is 0 Å². The van der Waals surface area contributed by atoms with Gasteiger partial charge in [0.2, 0.25) is 0 Å². The summed E-state index contributed by atoms with van der Waals surface area (Å²) < 4.78 is 24.7. The summed E-state index contributed by atoms with van der Waals surface area (Å²) in [6, 6.07) is 0. The lowest BCUT2D eigenvalue weighted by Crippen LogP contribution is -2.36. The molecule has 1 N–H and O–H groups in total. The third-order valence-electron chi connectivity index (χ3n) is 8.39. The Morgan fingerprint density at radius 1 is 1.08 bits per heavy atom. The first kappa shape index (κ1) is 32.0. The van der Waals surface area contributed by atoms with Crippen molar-refractivity contribution in [3.05, 3.63) is 24.3 Å². The molecule has 3 fully saturated rings. The summed E-state index contributed by atoms with van der Waals surface area (Å²) in [6.45, 7) is 8.15. The van der Waals surface area contributed by atoms with E-state index in [0.29, 0.717) is 32.3 Å². The first-order chi connectivity index (χ1) is 18.8. The summed E-state index contributed by atoms with van der Waals surface area (Å²) in [6.07, 6.45) is 19.6. The highest BCUT2D eigenvalue weighted by molar-refractivity contribution is 5.86. The van der Waals surface area contributed by atoms with Gasteiger partial charge in [-0.1, -0.05) is 57.9 Å². The highest BCUT2D eigenvalue weighted by Crippen LogP contribution is 2.39. The third kappa shape index (κ3) is 10.8. The molecule has 0 amide bonds. The van der Waals surface area contributed by atoms with Crippen LogP contribution >= 0.6 is 0 Å². The van der Waals surface area contributed by atoms with Gasteiger partial charge in [-0.05, 0) is 69.6 Å². The van der Waals surface area contributed by atoms with Gasteiger partial charge in [0, 0.05) is 37.9 Å². The maximum absolute atomic E-state index is 13.3. The first-order valence-corrected chi connectivity index (χ1v) is 15.4. The molecule has 6 atom stereocenters. The van der Waals surface area contributed by atoms with Crippen LogP contribution in [0.4, 0.5) is 0 Å². The van der Waals surface area contributed by atoms with Gasteiger partial charge in [-0.15, -0.1) is 0 Å². The second-order valence-electron chi connectivity index (χ2n) is 12.2. The minimum atomic E-state index is -0.770. The van der Waals surface area contributed by atoms with Crippen LogP contribution in [0, 0.1) is 17.3 Å². The van der Waals surface area contributed by atoms with Gasteiger partial charge in [-0.25, -0.2) is 0 Å². The van der Waals surface area contributed by atoms with E-state index >= 15 is 0 Å². The fraction of sp³-hybridized carbons (Fsp3) is 0.812. The Hall–Kier alpha value is -1.54. The van der Waals surface area contributed by atoms with E-state index < -0.39 is 5.97 Å². The summed E-state index contributed by atoms with van der Waals surface area (Å²) in [5.74, 6) is -0.800. The molecule has 0 aromatic carbocycles. The minimum absolute atomic E-state index is 0.0142. The van der Waals surface area contributed by atoms with Gasteiger partial charge in [0.1, 0.15) is 5.78 Å². The molecule has 7 heteroatoms. The van der Waals surface area contributed by atoms with E-state index in [1.165, 1.54) is 0 Å². The van der Waals surface area contributed by atoms with E-state index in [2.05, 4.69) is 39.0 Å². The van der Waals surface area contributed by atoms with Crippen molar-refractivity contribution >= 4 is 11.8 Å². The van der Waals surface area contributed by atoms with Gasteiger partial charge in [0.25, 0.3) is 0 Å². The number of carbonyl (C=O) groups excluding carboxylic acids is 1. The number of carboxylic acid groups (broad SMARTS) is 1. The Morgan fingerprint density at radius 3 is 2.44 bits per heavy atom. The number of hydrogen-bond donors (Lipinski definition) is 1. The number of carboxylic acids is 1. The minimum Gasteiger partial charge on any atom is -0.481 e. The number of ether oxygens (including phenoxy) is 4. The van der Waals surface area contributed by atoms with Crippen LogP contribution in [0.15, 0.2) is 24.3 Å². The van der Waals surface area contributed by atoms with Crippen molar-refractivity contribution in [2.45, 2.75) is 135 Å². The molecule has 7 nitrogen and oxygen atoms in total. The van der Waals surface area contributed by atoms with Crippen LogP contribution in [0.1, 0.15) is 111 Å². The van der Waals surface area contributed by atoms with Crippen molar-refractivity contribution < 1.29 is 33.6 Å². The Bertz CT molecular complexity index is 792. The molecule has 39 heavy (non-hydrogen) atoms. The molecule has 0 aromatic rings. The zero-order chi connectivity index (χ0) is 28.1. The molecule has 0 aromatic heterocycles. The van der Waals surface area contributed by atoms with E-state index in [9.17, 15) is 9.59 Å². The Morgan fingerprint density at radius 2 is 1.79 bits per heavy atom. The molecular weight excluding hydrogens is 496 g/mol. The highest BCUT2D eigenvalue weighted by Gasteiger charge is 2.43. The molecule has 0 radical (unpaired) electrons. The Kier molecular flexibility index (Phi) is 13.7. The molecule has 2 aliphatic heterocycles. The van der Waals surface area contributed by atoms with Gasteiger partial charge < -0.3 is 24.1 Å². The second-order valence-corrected chi connectivity index (χ2v) is 12.2. The predicted molar refractivity (Wildman–Crippen MR) is 151 cm³/mol. The lowest BCUT2D eigenvalue weighted by Gasteiger charge is -2.36. The van der Waals surface area contributed by atoms with E-state index in [4.69, 9.17) is 24.1 Å². The van der Waals surface area contributed by atoms with E-state index in [1.807, 2.05) is 6.08 Å². The number of hydrogen-bond acceptors (Lipinski definition) is 6. The van der Waals surface area contributed by atoms with Gasteiger partial charge >= 0.3 is 5.97 Å². The molecule has 0 spiro atoms. The van der Waals surface area contributed by atoms with E-state index in [1.54, 1.807) is 0 Å². The van der Waals surface area contributed by atoms with Gasteiger partial charge in [-0.3, -0.25) is 9.59 Å². The molecule has 1 aliphatic carbocycles. The standard InChI is InChI=1S/C32H52O7/c1-4-5-20-32(2,3)28(39-31-17-11-13-22-37-31)19-18-24-25(14-8-6-7-9-15-29(34)35)27(23-26(24)33)38-30-16-10-12-21-36-30/h6,8,18-19,24-25,27-28,30-31H,4-5,7,9-17,20-23H2,1-3H3,(H,34,35)/b8-6-,19-18+/t24-,25-,27+,28-,30?,31?/m1/s1. The van der Waals surface area contributed by atoms with Crippen LogP contribution in [-0.2, 0) is 28.5 Å². The number of unbranched alkanes of at least 4 members (excludes halogenated alkanes) is 2. The summed E-state index contributed by atoms with van der Waals surface area (Å²) >= 11 is 0. The van der Waals surface area contributed by atoms with Gasteiger partial charge in [-0.2, -0.15) is 0 Å². The molecule has 2 unspecified atom stereocenters. The smallest absolute Gasteiger partial charge is 0.303 e. The van der Waals surface area contributed by atoms with Crippen LogP contribution < -0.4 is 0 Å². The third-order valence-corrected chi connectivity index (χ3v) is 8.39. The first-order valence-electron chi connectivity index (χ1n) is 15.4. The van der Waals surface area contributed by atoms with Crippen LogP contribution in [0.25, 0.3) is 0 Å². The van der Waals surface area contributed by atoms with Gasteiger partial charge in [0.15, 0.2) is 12.6 Å². The number of ketones is 1. The summed E-state index contributed by atoms with van der Waals surface area (Å²) in [5.41, 5.74) is -0.0830. The average Bonchev–Trinajstić information content (AvgIpc) is 3.21. The topological polar surface area (TPSA) is 91.3 Å². The SMILES string of the molecule is CCCCC(C)(C)[C@@H](/C=C/[C@H]1C(=O)C[C@H](OC2CCCCO2)[C@@H]1C/C=C\CCCC(=O)O)OC1CCCCO1. The normalized spacial score (nSPS) is 29.4. The quantitative estimate of drug-likeness (QED) is 0.164. The zero-order valence-corrected chi connectivity index (χ0v) is 24.5. The molecule has 2 heterocycles. The lowest BCUT2D eigenvalue weighted by molar-refractivity contribution is -0.198. The molecular formula is C32H52O7. The van der Waals surface area contributed by atoms with Gasteiger partial charge in [0.05, 0.1) is 12.2 Å². The number of carbonyl (C=O) groups is 2. The van der Waals surface area contributed by atoms with Crippen molar-refractivity contribution in [2.75, 3.05) is 13.2 Å². The molecule has 0 bridgehead atoms. The van der Waals surface area contributed by atoms with Crippen molar-refractivity contribution in [1.82, 2.24) is 0 Å². The van der Waals surface area contributed by atoms with Crippen molar-refractivity contribution in [2.24, 2.45) is 17.3 Å². The average molecular weight is 549 g/mol. The monoisotopic (exact) mass is 548 g/mol. The molecule has 1 saturated carbocycles. The maximum Gasteiger partial charge on any atom is 0.303 e.